The first-order valence-corrected chi connectivity index (χ1v) is 4.33. The van der Waals surface area contributed by atoms with Gasteiger partial charge in [0.15, 0.2) is 0 Å². The first kappa shape index (κ1) is 10.5. The quantitative estimate of drug-likeness (QED) is 0.571. The zero-order valence-corrected chi connectivity index (χ0v) is 7.96. The molecule has 3 nitrogen and oxygen atoms in total. The molecule has 0 aliphatic carbocycles. The molecule has 76 valence electrons. The monoisotopic (exact) mass is 196 g/mol. The van der Waals surface area contributed by atoms with Crippen LogP contribution in [0.3, 0.4) is 0 Å². The van der Waals surface area contributed by atoms with E-state index < -0.39 is 0 Å². The number of nitrogens with two attached hydrogens (primary N) is 1. The van der Waals surface area contributed by atoms with Gasteiger partial charge in [-0.1, -0.05) is 0 Å². The van der Waals surface area contributed by atoms with Crippen LogP contribution in [0.5, 0.6) is 5.75 Å². The Morgan fingerprint density at radius 2 is 2.07 bits per heavy atom. The number of amidine groups is 1. The van der Waals surface area contributed by atoms with Gasteiger partial charge in [0.25, 0.3) is 0 Å². The predicted octanol–water partition coefficient (Wildman–Crippen LogP) is 1.92. The van der Waals surface area contributed by atoms with E-state index in [0.717, 1.165) is 0 Å². The Hall–Kier alpha value is -1.58. The second kappa shape index (κ2) is 4.60. The smallest absolute Gasteiger partial charge is 0.123 e. The highest BCUT2D eigenvalue weighted by atomic mass is 19.1. The molecular formula is C10H13FN2O. The van der Waals surface area contributed by atoms with E-state index in [1.54, 1.807) is 12.1 Å². The summed E-state index contributed by atoms with van der Waals surface area (Å²) in [5.41, 5.74) is 5.21. The fourth-order valence-electron chi connectivity index (χ4n) is 1.10. The normalized spacial score (nSPS) is 12.1. The SMILES string of the molecule is CC(CC(=N)N)Oc1ccc(F)cc1. The predicted molar refractivity (Wildman–Crippen MR) is 53.0 cm³/mol. The van der Waals surface area contributed by atoms with Gasteiger partial charge in [0.05, 0.1) is 5.84 Å². The molecule has 0 aliphatic rings. The largest absolute Gasteiger partial charge is 0.490 e. The molecule has 0 aromatic heterocycles. The van der Waals surface area contributed by atoms with E-state index in [2.05, 4.69) is 0 Å². The average Bonchev–Trinajstić information content (AvgIpc) is 2.07. The molecule has 0 fully saturated rings. The Morgan fingerprint density at radius 3 is 2.57 bits per heavy atom. The summed E-state index contributed by atoms with van der Waals surface area (Å²) in [6, 6.07) is 5.75. The topological polar surface area (TPSA) is 59.1 Å². The zero-order valence-electron chi connectivity index (χ0n) is 7.96. The number of hydrogen-bond acceptors (Lipinski definition) is 2. The van der Waals surface area contributed by atoms with Crippen molar-refractivity contribution in [3.8, 4) is 5.75 Å². The van der Waals surface area contributed by atoms with Gasteiger partial charge in [-0.15, -0.1) is 0 Å². The third-order valence-corrected chi connectivity index (χ3v) is 1.66. The van der Waals surface area contributed by atoms with Crippen LogP contribution in [0.1, 0.15) is 13.3 Å². The van der Waals surface area contributed by atoms with Crippen molar-refractivity contribution in [2.24, 2.45) is 5.73 Å². The second-order valence-electron chi connectivity index (χ2n) is 3.11. The number of rotatable bonds is 4. The molecule has 0 amide bonds. The van der Waals surface area contributed by atoms with Crippen molar-refractivity contribution in [3.63, 3.8) is 0 Å². The van der Waals surface area contributed by atoms with Gasteiger partial charge in [0.2, 0.25) is 0 Å². The standard InChI is InChI=1S/C10H13FN2O/c1-7(6-10(12)13)14-9-4-2-8(11)3-5-9/h2-5,7H,6H2,1H3,(H3,12,13). The van der Waals surface area contributed by atoms with E-state index in [1.165, 1.54) is 12.1 Å². The van der Waals surface area contributed by atoms with Crippen LogP contribution >= 0.6 is 0 Å². The van der Waals surface area contributed by atoms with Gasteiger partial charge in [-0.2, -0.15) is 0 Å². The molecule has 4 heteroatoms. The van der Waals surface area contributed by atoms with E-state index in [4.69, 9.17) is 15.9 Å². The van der Waals surface area contributed by atoms with Gasteiger partial charge in [0, 0.05) is 6.42 Å². The van der Waals surface area contributed by atoms with Crippen molar-refractivity contribution >= 4 is 5.84 Å². The van der Waals surface area contributed by atoms with E-state index in [0.29, 0.717) is 12.2 Å². The summed E-state index contributed by atoms with van der Waals surface area (Å²) in [6.45, 7) is 1.81. The van der Waals surface area contributed by atoms with Gasteiger partial charge in [-0.3, -0.25) is 5.41 Å². The summed E-state index contributed by atoms with van der Waals surface area (Å²) in [6.07, 6.45) is 0.204. The zero-order chi connectivity index (χ0) is 10.6. The molecule has 1 aromatic rings. The van der Waals surface area contributed by atoms with Crippen LogP contribution in [0.25, 0.3) is 0 Å². The molecule has 0 saturated heterocycles. The van der Waals surface area contributed by atoms with Crippen molar-refractivity contribution in [3.05, 3.63) is 30.1 Å². The fourth-order valence-corrected chi connectivity index (χ4v) is 1.10. The van der Waals surface area contributed by atoms with Crippen LogP contribution in [0.15, 0.2) is 24.3 Å². The summed E-state index contributed by atoms with van der Waals surface area (Å²) in [5.74, 6) is 0.372. The van der Waals surface area contributed by atoms with Gasteiger partial charge < -0.3 is 10.5 Å². The van der Waals surface area contributed by atoms with Gasteiger partial charge in [0.1, 0.15) is 17.7 Å². The van der Waals surface area contributed by atoms with Crippen molar-refractivity contribution in [1.82, 2.24) is 0 Å². The highest BCUT2D eigenvalue weighted by Crippen LogP contribution is 2.13. The second-order valence-corrected chi connectivity index (χ2v) is 3.11. The van der Waals surface area contributed by atoms with Crippen molar-refractivity contribution < 1.29 is 9.13 Å². The summed E-state index contributed by atoms with van der Waals surface area (Å²) >= 11 is 0. The minimum atomic E-state index is -0.295. The molecule has 3 N–H and O–H groups in total. The number of nitrogens with one attached hydrogen (secondary N) is 1. The summed E-state index contributed by atoms with van der Waals surface area (Å²) < 4.78 is 17.9. The van der Waals surface area contributed by atoms with Crippen LogP contribution in [0.4, 0.5) is 4.39 Å². The Morgan fingerprint density at radius 1 is 1.50 bits per heavy atom. The molecule has 0 spiro atoms. The highest BCUT2D eigenvalue weighted by Gasteiger charge is 2.05. The maximum Gasteiger partial charge on any atom is 0.123 e. The molecule has 1 rings (SSSR count). The summed E-state index contributed by atoms with van der Waals surface area (Å²) in [5, 5.41) is 7.06. The molecule has 0 bridgehead atoms. The summed E-state index contributed by atoms with van der Waals surface area (Å²) in [4.78, 5) is 0. The number of benzene rings is 1. The maximum absolute atomic E-state index is 12.5. The fraction of sp³-hybridized carbons (Fsp3) is 0.300. The first-order valence-electron chi connectivity index (χ1n) is 4.33. The van der Waals surface area contributed by atoms with E-state index in [1.807, 2.05) is 6.92 Å². The molecule has 14 heavy (non-hydrogen) atoms. The lowest BCUT2D eigenvalue weighted by Gasteiger charge is -2.13. The number of halogens is 1. The third kappa shape index (κ3) is 3.43. The number of ether oxygens (including phenoxy) is 1. The Bertz CT molecular complexity index is 310. The van der Waals surface area contributed by atoms with E-state index in [9.17, 15) is 4.39 Å². The molecular weight excluding hydrogens is 183 g/mol. The van der Waals surface area contributed by atoms with Gasteiger partial charge >= 0.3 is 0 Å². The molecule has 0 radical (unpaired) electrons. The lowest BCUT2D eigenvalue weighted by molar-refractivity contribution is 0.229. The van der Waals surface area contributed by atoms with Crippen LogP contribution in [0, 0.1) is 11.2 Å². The molecule has 1 aromatic carbocycles. The third-order valence-electron chi connectivity index (χ3n) is 1.66. The molecule has 0 aliphatic heterocycles. The van der Waals surface area contributed by atoms with Crippen LogP contribution in [0.2, 0.25) is 0 Å². The minimum absolute atomic E-state index is 0.0830. The first-order chi connectivity index (χ1) is 6.58. The number of hydrogen-bond donors (Lipinski definition) is 2. The van der Waals surface area contributed by atoms with Crippen molar-refractivity contribution in [1.29, 1.82) is 5.41 Å². The molecule has 1 unspecified atom stereocenters. The van der Waals surface area contributed by atoms with Gasteiger partial charge in [-0.25, -0.2) is 4.39 Å². The Balaban J connectivity index is 2.51. The molecule has 0 saturated carbocycles. The average molecular weight is 196 g/mol. The van der Waals surface area contributed by atoms with Gasteiger partial charge in [-0.05, 0) is 31.2 Å². The molecule has 1 atom stereocenters. The van der Waals surface area contributed by atoms with Crippen molar-refractivity contribution in [2.75, 3.05) is 0 Å². The van der Waals surface area contributed by atoms with E-state index in [-0.39, 0.29) is 17.8 Å². The van der Waals surface area contributed by atoms with Crippen molar-refractivity contribution in [2.45, 2.75) is 19.4 Å². The minimum Gasteiger partial charge on any atom is -0.490 e. The summed E-state index contributed by atoms with van der Waals surface area (Å²) in [7, 11) is 0. The Labute approximate surface area is 82.2 Å². The maximum atomic E-state index is 12.5. The van der Waals surface area contributed by atoms with E-state index >= 15 is 0 Å². The Kier molecular flexibility index (Phi) is 3.45. The van der Waals surface area contributed by atoms with Crippen LogP contribution in [-0.2, 0) is 0 Å². The lowest BCUT2D eigenvalue weighted by Crippen LogP contribution is -2.21. The molecule has 0 heterocycles. The van der Waals surface area contributed by atoms with Crippen LogP contribution < -0.4 is 10.5 Å². The van der Waals surface area contributed by atoms with Crippen LogP contribution in [-0.4, -0.2) is 11.9 Å². The lowest BCUT2D eigenvalue weighted by atomic mass is 10.2. The highest BCUT2D eigenvalue weighted by molar-refractivity contribution is 5.77.